The first-order chi connectivity index (χ1) is 9.51. The Bertz CT molecular complexity index is 634. The molecule has 0 spiro atoms. The minimum Gasteiger partial charge on any atom is -0.336 e. The van der Waals surface area contributed by atoms with Crippen LogP contribution in [0, 0.1) is 0 Å². The van der Waals surface area contributed by atoms with Gasteiger partial charge in [-0.05, 0) is 45.1 Å². The highest BCUT2D eigenvalue weighted by atomic mass is 79.9. The Balaban J connectivity index is 2.17. The van der Waals surface area contributed by atoms with Crippen molar-refractivity contribution in [1.29, 1.82) is 0 Å². The lowest BCUT2D eigenvalue weighted by molar-refractivity contribution is 0.0780. The molecular formula is C12H12BrClN4OS. The zero-order valence-electron chi connectivity index (χ0n) is 10.6. The second-order valence-electron chi connectivity index (χ2n) is 4.09. The summed E-state index contributed by atoms with van der Waals surface area (Å²) in [4.78, 5) is 18.0. The van der Waals surface area contributed by atoms with Crippen molar-refractivity contribution in [2.45, 2.75) is 6.54 Å². The van der Waals surface area contributed by atoms with Crippen molar-refractivity contribution in [3.05, 3.63) is 43.6 Å². The second kappa shape index (κ2) is 6.53. The number of amides is 1. The third-order valence-corrected chi connectivity index (χ3v) is 4.44. The molecule has 0 fully saturated rings. The Morgan fingerprint density at radius 1 is 1.60 bits per heavy atom. The Morgan fingerprint density at radius 2 is 2.35 bits per heavy atom. The standard InChI is InChI=1S/C12H12BrClN4OS/c1-18(5-7-4-9(13)20-6-7)12(19)11-8(14)2-3-10(16-11)17-15/h2-4,6H,5,15H2,1H3,(H,16,17). The van der Waals surface area contributed by atoms with Gasteiger partial charge in [0.25, 0.3) is 5.91 Å². The van der Waals surface area contributed by atoms with Gasteiger partial charge in [-0.1, -0.05) is 11.6 Å². The predicted molar refractivity (Wildman–Crippen MR) is 84.9 cm³/mol. The third kappa shape index (κ3) is 3.49. The quantitative estimate of drug-likeness (QED) is 0.636. The van der Waals surface area contributed by atoms with E-state index in [0.29, 0.717) is 17.4 Å². The van der Waals surface area contributed by atoms with Gasteiger partial charge in [-0.25, -0.2) is 10.8 Å². The van der Waals surface area contributed by atoms with Crippen molar-refractivity contribution in [2.24, 2.45) is 5.84 Å². The predicted octanol–water partition coefficient (Wildman–Crippen LogP) is 3.12. The highest BCUT2D eigenvalue weighted by molar-refractivity contribution is 9.11. The Labute approximate surface area is 133 Å². The molecule has 2 rings (SSSR count). The molecule has 0 bridgehead atoms. The molecule has 2 heterocycles. The molecule has 0 saturated heterocycles. The van der Waals surface area contributed by atoms with Gasteiger partial charge in [0.05, 0.1) is 8.81 Å². The molecule has 1 amide bonds. The van der Waals surface area contributed by atoms with Crippen molar-refractivity contribution in [3.8, 4) is 0 Å². The maximum absolute atomic E-state index is 12.3. The third-order valence-electron chi connectivity index (χ3n) is 2.58. The maximum Gasteiger partial charge on any atom is 0.274 e. The van der Waals surface area contributed by atoms with Crippen LogP contribution in [0.1, 0.15) is 16.1 Å². The minimum atomic E-state index is -0.255. The average Bonchev–Trinajstić information content (AvgIpc) is 2.84. The number of nitrogen functional groups attached to an aromatic ring is 1. The van der Waals surface area contributed by atoms with E-state index in [1.807, 2.05) is 11.4 Å². The summed E-state index contributed by atoms with van der Waals surface area (Å²) in [5, 5.41) is 2.29. The minimum absolute atomic E-state index is 0.180. The van der Waals surface area contributed by atoms with Gasteiger partial charge < -0.3 is 10.3 Å². The molecule has 0 saturated carbocycles. The van der Waals surface area contributed by atoms with Gasteiger partial charge in [-0.3, -0.25) is 4.79 Å². The van der Waals surface area contributed by atoms with E-state index in [-0.39, 0.29) is 11.6 Å². The van der Waals surface area contributed by atoms with Crippen molar-refractivity contribution in [1.82, 2.24) is 9.88 Å². The van der Waals surface area contributed by atoms with Crippen molar-refractivity contribution >= 4 is 50.6 Å². The number of hydrogen-bond acceptors (Lipinski definition) is 5. The van der Waals surface area contributed by atoms with E-state index in [9.17, 15) is 4.79 Å². The summed E-state index contributed by atoms with van der Waals surface area (Å²) in [6.07, 6.45) is 0. The number of anilines is 1. The number of rotatable bonds is 4. The largest absolute Gasteiger partial charge is 0.336 e. The first-order valence-corrected chi connectivity index (χ1v) is 7.68. The number of halogens is 2. The molecule has 0 unspecified atom stereocenters. The lowest BCUT2D eigenvalue weighted by Crippen LogP contribution is -2.27. The normalized spacial score (nSPS) is 10.4. The number of nitrogens with zero attached hydrogens (tertiary/aromatic N) is 2. The number of carbonyl (C=O) groups is 1. The molecule has 0 aliphatic heterocycles. The summed E-state index contributed by atoms with van der Waals surface area (Å²) in [5.74, 6) is 5.42. The van der Waals surface area contributed by atoms with Crippen LogP contribution in [0.2, 0.25) is 5.02 Å². The van der Waals surface area contributed by atoms with Gasteiger partial charge in [-0.2, -0.15) is 0 Å². The molecule has 3 N–H and O–H groups in total. The maximum atomic E-state index is 12.3. The molecular weight excluding hydrogens is 364 g/mol. The molecule has 106 valence electrons. The van der Waals surface area contributed by atoms with Gasteiger partial charge >= 0.3 is 0 Å². The summed E-state index contributed by atoms with van der Waals surface area (Å²) in [7, 11) is 1.70. The Kier molecular flexibility index (Phi) is 4.98. The van der Waals surface area contributed by atoms with E-state index in [0.717, 1.165) is 9.35 Å². The molecule has 0 aliphatic rings. The lowest BCUT2D eigenvalue weighted by Gasteiger charge is -2.17. The van der Waals surface area contributed by atoms with E-state index >= 15 is 0 Å². The number of nitrogens with one attached hydrogen (secondary N) is 1. The molecule has 20 heavy (non-hydrogen) atoms. The number of thiophene rings is 1. The fourth-order valence-electron chi connectivity index (χ4n) is 1.63. The van der Waals surface area contributed by atoms with E-state index in [1.54, 1.807) is 35.4 Å². The van der Waals surface area contributed by atoms with Crippen LogP contribution in [0.5, 0.6) is 0 Å². The number of aromatic nitrogens is 1. The summed E-state index contributed by atoms with van der Waals surface area (Å²) < 4.78 is 1.03. The van der Waals surface area contributed by atoms with E-state index in [2.05, 4.69) is 26.3 Å². The zero-order valence-corrected chi connectivity index (χ0v) is 13.7. The zero-order chi connectivity index (χ0) is 14.7. The first kappa shape index (κ1) is 15.2. The summed E-state index contributed by atoms with van der Waals surface area (Å²) in [6.45, 7) is 0.485. The van der Waals surface area contributed by atoms with E-state index < -0.39 is 0 Å². The van der Waals surface area contributed by atoms with Gasteiger partial charge in [0.15, 0.2) is 0 Å². The van der Waals surface area contributed by atoms with Gasteiger partial charge in [0, 0.05) is 13.6 Å². The molecule has 5 nitrogen and oxygen atoms in total. The number of hydrazine groups is 1. The Morgan fingerprint density at radius 3 is 2.95 bits per heavy atom. The summed E-state index contributed by atoms with van der Waals surface area (Å²) in [6, 6.07) is 5.17. The highest BCUT2D eigenvalue weighted by Gasteiger charge is 2.18. The van der Waals surface area contributed by atoms with Gasteiger partial charge in [0.2, 0.25) is 0 Å². The van der Waals surface area contributed by atoms with Crippen molar-refractivity contribution in [3.63, 3.8) is 0 Å². The number of hydrogen-bond donors (Lipinski definition) is 2. The number of pyridine rings is 1. The number of carbonyl (C=O) groups excluding carboxylic acids is 1. The highest BCUT2D eigenvalue weighted by Crippen LogP contribution is 2.23. The van der Waals surface area contributed by atoms with Crippen LogP contribution in [-0.4, -0.2) is 22.8 Å². The van der Waals surface area contributed by atoms with E-state index in [4.69, 9.17) is 17.4 Å². The molecule has 8 heteroatoms. The molecule has 2 aromatic heterocycles. The topological polar surface area (TPSA) is 71.2 Å². The Hall–Kier alpha value is -1.15. The molecule has 0 radical (unpaired) electrons. The van der Waals surface area contributed by atoms with Crippen LogP contribution < -0.4 is 11.3 Å². The van der Waals surface area contributed by atoms with E-state index in [1.165, 1.54) is 0 Å². The van der Waals surface area contributed by atoms with Crippen molar-refractivity contribution in [2.75, 3.05) is 12.5 Å². The fraction of sp³-hybridized carbons (Fsp3) is 0.167. The van der Waals surface area contributed by atoms with Crippen LogP contribution >= 0.6 is 38.9 Å². The van der Waals surface area contributed by atoms with Crippen LogP contribution in [0.3, 0.4) is 0 Å². The monoisotopic (exact) mass is 374 g/mol. The first-order valence-electron chi connectivity index (χ1n) is 5.63. The fourth-order valence-corrected chi connectivity index (χ4v) is 3.01. The summed E-state index contributed by atoms with van der Waals surface area (Å²) >= 11 is 11.0. The second-order valence-corrected chi connectivity index (χ2v) is 6.79. The number of nitrogens with two attached hydrogens (primary N) is 1. The summed E-state index contributed by atoms with van der Waals surface area (Å²) in [5.41, 5.74) is 3.62. The molecule has 0 atom stereocenters. The van der Waals surface area contributed by atoms with Gasteiger partial charge in [0.1, 0.15) is 11.5 Å². The average molecular weight is 376 g/mol. The smallest absolute Gasteiger partial charge is 0.274 e. The van der Waals surface area contributed by atoms with Crippen LogP contribution in [0.15, 0.2) is 27.4 Å². The van der Waals surface area contributed by atoms with Crippen molar-refractivity contribution < 1.29 is 4.79 Å². The van der Waals surface area contributed by atoms with Crippen LogP contribution in [-0.2, 0) is 6.54 Å². The lowest BCUT2D eigenvalue weighted by atomic mass is 10.2. The van der Waals surface area contributed by atoms with Gasteiger partial charge in [-0.15, -0.1) is 11.3 Å². The van der Waals surface area contributed by atoms with Crippen LogP contribution in [0.4, 0.5) is 5.82 Å². The molecule has 0 aromatic carbocycles. The SMILES string of the molecule is CN(Cc1csc(Br)c1)C(=O)c1nc(NN)ccc1Cl. The molecule has 0 aliphatic carbocycles. The van der Waals surface area contributed by atoms with Crippen LogP contribution in [0.25, 0.3) is 0 Å². The molecule has 2 aromatic rings.